The van der Waals surface area contributed by atoms with Gasteiger partial charge in [-0.05, 0) is 19.3 Å². The fourth-order valence-electron chi connectivity index (χ4n) is 1.27. The molecule has 0 aromatic carbocycles. The zero-order valence-corrected chi connectivity index (χ0v) is 9.09. The molecule has 0 saturated heterocycles. The second-order valence-corrected chi connectivity index (χ2v) is 4.17. The molecule has 1 atom stereocenters. The minimum atomic E-state index is 0.129. The number of carbonyl (C=O) groups excluding carboxylic acids is 2. The zero-order valence-electron chi connectivity index (χ0n) is 9.09. The van der Waals surface area contributed by atoms with Crippen LogP contribution in [0, 0.1) is 11.8 Å². The third kappa shape index (κ3) is 6.50. The molecule has 13 heavy (non-hydrogen) atoms. The SMILES string of the molecule is CC(=O)C[C@H](C)CCC(=O)C(C)C. The van der Waals surface area contributed by atoms with Gasteiger partial charge in [0, 0.05) is 18.8 Å². The monoisotopic (exact) mass is 184 g/mol. The Morgan fingerprint density at radius 2 is 1.69 bits per heavy atom. The Morgan fingerprint density at radius 1 is 1.15 bits per heavy atom. The standard InChI is InChI=1S/C11H20O2/c1-8(2)11(13)6-5-9(3)7-10(4)12/h8-9H,5-7H2,1-4H3/t9-/m1/s1. The summed E-state index contributed by atoms with van der Waals surface area (Å²) in [6.07, 6.45) is 2.06. The Hall–Kier alpha value is -0.660. The molecular formula is C11H20O2. The van der Waals surface area contributed by atoms with E-state index < -0.39 is 0 Å². The van der Waals surface area contributed by atoms with Crippen molar-refractivity contribution in [3.05, 3.63) is 0 Å². The molecular weight excluding hydrogens is 164 g/mol. The number of Topliss-reactive ketones (excluding diaryl/α,β-unsaturated/α-hetero) is 2. The van der Waals surface area contributed by atoms with E-state index in [9.17, 15) is 9.59 Å². The lowest BCUT2D eigenvalue weighted by atomic mass is 9.95. The highest BCUT2D eigenvalue weighted by Crippen LogP contribution is 2.12. The number of ketones is 2. The van der Waals surface area contributed by atoms with Crippen LogP contribution in [0.3, 0.4) is 0 Å². The van der Waals surface area contributed by atoms with Gasteiger partial charge in [0.05, 0.1) is 0 Å². The zero-order chi connectivity index (χ0) is 10.4. The van der Waals surface area contributed by atoms with Crippen molar-refractivity contribution in [3.63, 3.8) is 0 Å². The summed E-state index contributed by atoms with van der Waals surface area (Å²) in [5, 5.41) is 0. The maximum Gasteiger partial charge on any atom is 0.135 e. The molecule has 76 valence electrons. The van der Waals surface area contributed by atoms with Gasteiger partial charge >= 0.3 is 0 Å². The number of carbonyl (C=O) groups is 2. The Labute approximate surface area is 80.7 Å². The van der Waals surface area contributed by atoms with Crippen LogP contribution in [0.5, 0.6) is 0 Å². The quantitative estimate of drug-likeness (QED) is 0.636. The maximum absolute atomic E-state index is 11.2. The van der Waals surface area contributed by atoms with Gasteiger partial charge in [0.2, 0.25) is 0 Å². The van der Waals surface area contributed by atoms with Crippen molar-refractivity contribution >= 4 is 11.6 Å². The Morgan fingerprint density at radius 3 is 2.08 bits per heavy atom. The van der Waals surface area contributed by atoms with Crippen LogP contribution in [-0.4, -0.2) is 11.6 Å². The van der Waals surface area contributed by atoms with E-state index in [0.717, 1.165) is 6.42 Å². The van der Waals surface area contributed by atoms with E-state index >= 15 is 0 Å². The topological polar surface area (TPSA) is 34.1 Å². The molecule has 0 bridgehead atoms. The van der Waals surface area contributed by atoms with Crippen LogP contribution >= 0.6 is 0 Å². The Bertz CT molecular complexity index is 183. The molecule has 0 amide bonds. The molecule has 0 radical (unpaired) electrons. The van der Waals surface area contributed by atoms with Crippen LogP contribution in [0.1, 0.15) is 47.0 Å². The van der Waals surface area contributed by atoms with Crippen molar-refractivity contribution in [2.75, 3.05) is 0 Å². The van der Waals surface area contributed by atoms with Crippen LogP contribution in [0.25, 0.3) is 0 Å². The van der Waals surface area contributed by atoms with Gasteiger partial charge in [-0.3, -0.25) is 4.79 Å². The Balaban J connectivity index is 3.63. The van der Waals surface area contributed by atoms with Gasteiger partial charge in [-0.15, -0.1) is 0 Å². The van der Waals surface area contributed by atoms with Crippen LogP contribution in [-0.2, 0) is 9.59 Å². The number of hydrogen-bond acceptors (Lipinski definition) is 2. The molecule has 0 rings (SSSR count). The van der Waals surface area contributed by atoms with Gasteiger partial charge in [-0.2, -0.15) is 0 Å². The van der Waals surface area contributed by atoms with E-state index in [2.05, 4.69) is 0 Å². The normalized spacial score (nSPS) is 13.0. The molecule has 2 nitrogen and oxygen atoms in total. The molecule has 0 aliphatic heterocycles. The molecule has 0 unspecified atom stereocenters. The molecule has 0 saturated carbocycles. The van der Waals surface area contributed by atoms with Crippen molar-refractivity contribution in [1.29, 1.82) is 0 Å². The smallest absolute Gasteiger partial charge is 0.135 e. The molecule has 0 aromatic heterocycles. The first-order chi connectivity index (χ1) is 5.93. The fraction of sp³-hybridized carbons (Fsp3) is 0.818. The summed E-state index contributed by atoms with van der Waals surface area (Å²) in [6.45, 7) is 7.45. The van der Waals surface area contributed by atoms with Crippen molar-refractivity contribution in [1.82, 2.24) is 0 Å². The first-order valence-corrected chi connectivity index (χ1v) is 4.95. The molecule has 0 fully saturated rings. The van der Waals surface area contributed by atoms with Crippen molar-refractivity contribution < 1.29 is 9.59 Å². The van der Waals surface area contributed by atoms with E-state index in [1.807, 2.05) is 20.8 Å². The van der Waals surface area contributed by atoms with Crippen LogP contribution in [0.2, 0.25) is 0 Å². The van der Waals surface area contributed by atoms with E-state index in [-0.39, 0.29) is 11.7 Å². The van der Waals surface area contributed by atoms with Crippen molar-refractivity contribution in [3.8, 4) is 0 Å². The lowest BCUT2D eigenvalue weighted by molar-refractivity contribution is -0.123. The van der Waals surface area contributed by atoms with Gasteiger partial charge in [-0.1, -0.05) is 20.8 Å². The maximum atomic E-state index is 11.2. The average Bonchev–Trinajstić information content (AvgIpc) is 1.98. The number of hydrogen-bond donors (Lipinski definition) is 0. The lowest BCUT2D eigenvalue weighted by Gasteiger charge is -2.09. The minimum Gasteiger partial charge on any atom is -0.300 e. The van der Waals surface area contributed by atoms with Gasteiger partial charge in [0.15, 0.2) is 0 Å². The van der Waals surface area contributed by atoms with E-state index in [4.69, 9.17) is 0 Å². The highest BCUT2D eigenvalue weighted by atomic mass is 16.1. The van der Waals surface area contributed by atoms with E-state index in [1.165, 1.54) is 0 Å². The first kappa shape index (κ1) is 12.3. The average molecular weight is 184 g/mol. The predicted molar refractivity (Wildman–Crippen MR) is 53.5 cm³/mol. The fourth-order valence-corrected chi connectivity index (χ4v) is 1.27. The minimum absolute atomic E-state index is 0.129. The molecule has 0 spiro atoms. The summed E-state index contributed by atoms with van der Waals surface area (Å²) < 4.78 is 0. The summed E-state index contributed by atoms with van der Waals surface area (Å²) in [5.74, 6) is 0.990. The van der Waals surface area contributed by atoms with Crippen molar-refractivity contribution in [2.45, 2.75) is 47.0 Å². The molecule has 2 heteroatoms. The molecule has 0 aromatic rings. The predicted octanol–water partition coefficient (Wildman–Crippen LogP) is 2.61. The second-order valence-electron chi connectivity index (χ2n) is 4.17. The van der Waals surface area contributed by atoms with Crippen LogP contribution < -0.4 is 0 Å². The molecule has 0 heterocycles. The third-order valence-electron chi connectivity index (χ3n) is 2.16. The van der Waals surface area contributed by atoms with Gasteiger partial charge in [0.1, 0.15) is 11.6 Å². The lowest BCUT2D eigenvalue weighted by Crippen LogP contribution is -2.10. The largest absolute Gasteiger partial charge is 0.300 e. The summed E-state index contributed by atoms with van der Waals surface area (Å²) in [5.41, 5.74) is 0. The van der Waals surface area contributed by atoms with Crippen LogP contribution in [0.15, 0.2) is 0 Å². The summed E-state index contributed by atoms with van der Waals surface area (Å²) in [7, 11) is 0. The highest BCUT2D eigenvalue weighted by molar-refractivity contribution is 5.80. The second kappa shape index (κ2) is 5.90. The van der Waals surface area contributed by atoms with Crippen molar-refractivity contribution in [2.24, 2.45) is 11.8 Å². The van der Waals surface area contributed by atoms with E-state index in [0.29, 0.717) is 24.5 Å². The summed E-state index contributed by atoms with van der Waals surface area (Å²) in [4.78, 5) is 22.0. The molecule has 0 aliphatic carbocycles. The number of rotatable bonds is 6. The summed E-state index contributed by atoms with van der Waals surface area (Å²) >= 11 is 0. The molecule has 0 N–H and O–H groups in total. The third-order valence-corrected chi connectivity index (χ3v) is 2.16. The van der Waals surface area contributed by atoms with Gasteiger partial charge in [-0.25, -0.2) is 0 Å². The van der Waals surface area contributed by atoms with Crippen LogP contribution in [0.4, 0.5) is 0 Å². The summed E-state index contributed by atoms with van der Waals surface area (Å²) in [6, 6.07) is 0. The Kier molecular flexibility index (Phi) is 5.60. The van der Waals surface area contributed by atoms with Gasteiger partial charge < -0.3 is 4.79 Å². The van der Waals surface area contributed by atoms with E-state index in [1.54, 1.807) is 6.92 Å². The highest BCUT2D eigenvalue weighted by Gasteiger charge is 2.10. The molecule has 0 aliphatic rings. The first-order valence-electron chi connectivity index (χ1n) is 4.95. The van der Waals surface area contributed by atoms with Gasteiger partial charge in [0.25, 0.3) is 0 Å².